The van der Waals surface area contributed by atoms with E-state index in [0.717, 1.165) is 19.4 Å². The molecule has 132 valence electrons. The van der Waals surface area contributed by atoms with Gasteiger partial charge in [0.2, 0.25) is 10.0 Å². The van der Waals surface area contributed by atoms with E-state index in [0.29, 0.717) is 19.0 Å². The summed E-state index contributed by atoms with van der Waals surface area (Å²) in [6, 6.07) is 6.67. The Balaban J connectivity index is 1.64. The fourth-order valence-electron chi connectivity index (χ4n) is 4.79. The number of benzene rings is 1. The maximum Gasteiger partial charge on any atom is 0.244 e. The van der Waals surface area contributed by atoms with Gasteiger partial charge in [0.05, 0.1) is 16.7 Å². The fraction of sp³-hybridized carbons (Fsp3) is 0.647. The number of fused-ring (bicyclic) bond motifs is 1. The Hall–Kier alpha value is -0.660. The summed E-state index contributed by atoms with van der Waals surface area (Å²) in [5, 5.41) is 0.280. The van der Waals surface area contributed by atoms with Crippen molar-refractivity contribution in [2.24, 2.45) is 11.8 Å². The van der Waals surface area contributed by atoms with Gasteiger partial charge >= 0.3 is 0 Å². The molecule has 0 unspecified atom stereocenters. The van der Waals surface area contributed by atoms with Gasteiger partial charge in [-0.1, -0.05) is 23.7 Å². The summed E-state index contributed by atoms with van der Waals surface area (Å²) >= 11 is 6.14. The summed E-state index contributed by atoms with van der Waals surface area (Å²) in [5.74, 6) is 0.677. The number of hydrogen-bond acceptors (Lipinski definition) is 4. The molecule has 0 N–H and O–H groups in total. The SMILES string of the molecule is CN(C)C[C@H]1[C@H]2CN(S(=O)(=O)c3ccccc3Cl)C[C@]23CC[C@H]1O3. The van der Waals surface area contributed by atoms with Crippen molar-refractivity contribution in [3.05, 3.63) is 29.3 Å². The van der Waals surface area contributed by atoms with Crippen LogP contribution in [0.1, 0.15) is 12.8 Å². The molecule has 3 heterocycles. The second-order valence-electron chi connectivity index (χ2n) is 7.52. The zero-order valence-electron chi connectivity index (χ0n) is 14.0. The minimum atomic E-state index is -3.59. The first-order chi connectivity index (χ1) is 11.3. The van der Waals surface area contributed by atoms with Gasteiger partial charge in [-0.05, 0) is 39.1 Å². The van der Waals surface area contributed by atoms with Crippen molar-refractivity contribution in [3.8, 4) is 0 Å². The summed E-state index contributed by atoms with van der Waals surface area (Å²) in [6.45, 7) is 1.92. The first-order valence-electron chi connectivity index (χ1n) is 8.41. The van der Waals surface area contributed by atoms with E-state index in [2.05, 4.69) is 19.0 Å². The lowest BCUT2D eigenvalue weighted by atomic mass is 9.73. The van der Waals surface area contributed by atoms with Crippen molar-refractivity contribution in [2.45, 2.75) is 29.4 Å². The van der Waals surface area contributed by atoms with Crippen LogP contribution in [0.4, 0.5) is 0 Å². The van der Waals surface area contributed by atoms with Crippen LogP contribution in [-0.4, -0.2) is 63.1 Å². The van der Waals surface area contributed by atoms with Gasteiger partial charge in [0.1, 0.15) is 4.90 Å². The van der Waals surface area contributed by atoms with Gasteiger partial charge < -0.3 is 9.64 Å². The van der Waals surface area contributed by atoms with Crippen LogP contribution in [0, 0.1) is 11.8 Å². The average molecular weight is 371 g/mol. The summed E-state index contributed by atoms with van der Waals surface area (Å²) < 4.78 is 34.0. The summed E-state index contributed by atoms with van der Waals surface area (Å²) in [5.41, 5.74) is -0.292. The minimum Gasteiger partial charge on any atom is -0.370 e. The van der Waals surface area contributed by atoms with Gasteiger partial charge in [0.15, 0.2) is 0 Å². The smallest absolute Gasteiger partial charge is 0.244 e. The lowest BCUT2D eigenvalue weighted by molar-refractivity contribution is 0.00739. The second kappa shape index (κ2) is 5.68. The Kier molecular flexibility index (Phi) is 3.97. The zero-order valence-corrected chi connectivity index (χ0v) is 15.6. The predicted octanol–water partition coefficient (Wildman–Crippen LogP) is 2.07. The standard InChI is InChI=1S/C17H23ClN2O3S/c1-19(2)9-12-13-10-20(11-17(13)8-7-15(12)23-17)24(21,22)16-6-4-3-5-14(16)18/h3-6,12-13,15H,7-11H2,1-2H3/t12-,13+,15+,17+/m0/s1. The number of halogens is 1. The number of nitrogens with zero attached hydrogens (tertiary/aromatic N) is 2. The second-order valence-corrected chi connectivity index (χ2v) is 9.83. The van der Waals surface area contributed by atoms with Crippen molar-refractivity contribution in [1.82, 2.24) is 9.21 Å². The topological polar surface area (TPSA) is 49.9 Å². The van der Waals surface area contributed by atoms with Crippen LogP contribution in [0.3, 0.4) is 0 Å². The van der Waals surface area contributed by atoms with Crippen molar-refractivity contribution >= 4 is 21.6 Å². The monoisotopic (exact) mass is 370 g/mol. The molecule has 7 heteroatoms. The summed E-state index contributed by atoms with van der Waals surface area (Å²) in [6.07, 6.45) is 2.28. The van der Waals surface area contributed by atoms with E-state index in [4.69, 9.17) is 16.3 Å². The van der Waals surface area contributed by atoms with Gasteiger partial charge in [-0.2, -0.15) is 4.31 Å². The first kappa shape index (κ1) is 16.8. The molecule has 3 saturated heterocycles. The molecule has 0 aromatic heterocycles. The molecular weight excluding hydrogens is 348 g/mol. The average Bonchev–Trinajstić information content (AvgIpc) is 3.17. The van der Waals surface area contributed by atoms with Crippen LogP contribution in [0.25, 0.3) is 0 Å². The predicted molar refractivity (Wildman–Crippen MR) is 92.6 cm³/mol. The van der Waals surface area contributed by atoms with Crippen LogP contribution >= 0.6 is 11.6 Å². The molecule has 24 heavy (non-hydrogen) atoms. The third kappa shape index (κ3) is 2.42. The highest BCUT2D eigenvalue weighted by Gasteiger charge is 2.64. The molecule has 0 amide bonds. The summed E-state index contributed by atoms with van der Waals surface area (Å²) in [7, 11) is 0.538. The highest BCUT2D eigenvalue weighted by Crippen LogP contribution is 2.55. The number of rotatable bonds is 4. The molecule has 0 saturated carbocycles. The molecule has 3 aliphatic heterocycles. The van der Waals surface area contributed by atoms with Gasteiger partial charge in [-0.3, -0.25) is 0 Å². The lowest BCUT2D eigenvalue weighted by Gasteiger charge is -2.31. The van der Waals surface area contributed by atoms with Gasteiger partial charge in [-0.15, -0.1) is 0 Å². The molecular formula is C17H23ClN2O3S. The van der Waals surface area contributed by atoms with Crippen LogP contribution in [0.2, 0.25) is 5.02 Å². The van der Waals surface area contributed by atoms with Gasteiger partial charge in [0, 0.05) is 31.5 Å². The van der Waals surface area contributed by atoms with E-state index < -0.39 is 10.0 Å². The minimum absolute atomic E-state index is 0.196. The fourth-order valence-corrected chi connectivity index (χ4v) is 6.81. The molecule has 0 aliphatic carbocycles. The van der Waals surface area contributed by atoms with Crippen LogP contribution in [0.5, 0.6) is 0 Å². The molecule has 4 rings (SSSR count). The molecule has 1 spiro atoms. The van der Waals surface area contributed by atoms with Gasteiger partial charge in [-0.25, -0.2) is 8.42 Å². The third-order valence-electron chi connectivity index (χ3n) is 5.78. The molecule has 3 aliphatic rings. The Bertz CT molecular complexity index is 754. The maximum atomic E-state index is 13.1. The summed E-state index contributed by atoms with van der Waals surface area (Å²) in [4.78, 5) is 2.37. The Morgan fingerprint density at radius 1 is 1.38 bits per heavy atom. The van der Waals surface area contributed by atoms with E-state index in [9.17, 15) is 8.42 Å². The van der Waals surface area contributed by atoms with E-state index >= 15 is 0 Å². The van der Waals surface area contributed by atoms with E-state index in [-0.39, 0.29) is 27.5 Å². The van der Waals surface area contributed by atoms with Crippen LogP contribution < -0.4 is 0 Å². The highest BCUT2D eigenvalue weighted by molar-refractivity contribution is 7.89. The molecule has 0 radical (unpaired) electrons. The third-order valence-corrected chi connectivity index (χ3v) is 8.09. The number of sulfonamides is 1. The van der Waals surface area contributed by atoms with Gasteiger partial charge in [0.25, 0.3) is 0 Å². The molecule has 2 bridgehead atoms. The lowest BCUT2D eigenvalue weighted by Crippen LogP contribution is -2.40. The molecule has 3 fully saturated rings. The Morgan fingerprint density at radius 3 is 2.83 bits per heavy atom. The highest BCUT2D eigenvalue weighted by atomic mass is 35.5. The number of hydrogen-bond donors (Lipinski definition) is 0. The molecule has 1 aromatic carbocycles. The molecule has 1 aromatic rings. The van der Waals surface area contributed by atoms with Crippen molar-refractivity contribution < 1.29 is 13.2 Å². The number of ether oxygens (including phenoxy) is 1. The normalized spacial score (nSPS) is 35.8. The zero-order chi connectivity index (χ0) is 17.1. The quantitative estimate of drug-likeness (QED) is 0.814. The molecule has 4 atom stereocenters. The maximum absolute atomic E-state index is 13.1. The van der Waals surface area contributed by atoms with Crippen LogP contribution in [-0.2, 0) is 14.8 Å². The van der Waals surface area contributed by atoms with Crippen molar-refractivity contribution in [1.29, 1.82) is 0 Å². The largest absolute Gasteiger partial charge is 0.370 e. The van der Waals surface area contributed by atoms with Crippen molar-refractivity contribution in [3.63, 3.8) is 0 Å². The first-order valence-corrected chi connectivity index (χ1v) is 10.2. The Labute approximate surface area is 148 Å². The van der Waals surface area contributed by atoms with Crippen molar-refractivity contribution in [2.75, 3.05) is 33.7 Å². The Morgan fingerprint density at radius 2 is 2.12 bits per heavy atom. The van der Waals surface area contributed by atoms with E-state index in [1.807, 2.05) is 0 Å². The van der Waals surface area contributed by atoms with E-state index in [1.165, 1.54) is 0 Å². The van der Waals surface area contributed by atoms with Crippen LogP contribution in [0.15, 0.2) is 29.2 Å². The van der Waals surface area contributed by atoms with E-state index in [1.54, 1.807) is 28.6 Å². The molecule has 5 nitrogen and oxygen atoms in total.